The van der Waals surface area contributed by atoms with Gasteiger partial charge in [-0.2, -0.15) is 4.98 Å². The fourth-order valence-corrected chi connectivity index (χ4v) is 3.37. The van der Waals surface area contributed by atoms with E-state index in [9.17, 15) is 4.79 Å². The van der Waals surface area contributed by atoms with Gasteiger partial charge < -0.3 is 23.6 Å². The normalized spacial score (nSPS) is 16.2. The third-order valence-corrected chi connectivity index (χ3v) is 4.95. The summed E-state index contributed by atoms with van der Waals surface area (Å²) < 4.78 is 21.2. The van der Waals surface area contributed by atoms with Crippen LogP contribution in [0.25, 0.3) is 11.5 Å². The standard InChI is InChI=1S/C21H21N3O5/c1-26-15-6-4-13(5-7-15)21-22-20(23-29-21)14-10-19(25)24(12-14)17-9-8-16(27-2)11-18(17)28-3/h4-9,11,14H,10,12H2,1-3H3. The fraction of sp³-hybridized carbons (Fsp3) is 0.286. The Bertz CT molecular complexity index is 1020. The second-order valence-corrected chi connectivity index (χ2v) is 6.63. The van der Waals surface area contributed by atoms with Crippen molar-refractivity contribution in [3.05, 3.63) is 48.3 Å². The van der Waals surface area contributed by atoms with Crippen LogP contribution in [0.3, 0.4) is 0 Å². The Morgan fingerprint density at radius 2 is 1.72 bits per heavy atom. The molecule has 3 aromatic rings. The van der Waals surface area contributed by atoms with Crippen LogP contribution >= 0.6 is 0 Å². The summed E-state index contributed by atoms with van der Waals surface area (Å²) in [6, 6.07) is 12.7. The van der Waals surface area contributed by atoms with Crippen molar-refractivity contribution in [2.24, 2.45) is 0 Å². The first-order valence-electron chi connectivity index (χ1n) is 9.13. The number of benzene rings is 2. The molecule has 0 aliphatic carbocycles. The van der Waals surface area contributed by atoms with Gasteiger partial charge in [-0.1, -0.05) is 5.16 Å². The van der Waals surface area contributed by atoms with Gasteiger partial charge in [0.25, 0.3) is 5.89 Å². The first-order valence-corrected chi connectivity index (χ1v) is 9.13. The van der Waals surface area contributed by atoms with Gasteiger partial charge in [-0.05, 0) is 36.4 Å². The van der Waals surface area contributed by atoms with E-state index in [2.05, 4.69) is 10.1 Å². The summed E-state index contributed by atoms with van der Waals surface area (Å²) in [5.41, 5.74) is 1.49. The van der Waals surface area contributed by atoms with Crippen LogP contribution in [0, 0.1) is 0 Å². The van der Waals surface area contributed by atoms with Gasteiger partial charge in [-0.3, -0.25) is 4.79 Å². The molecule has 2 heterocycles. The zero-order chi connectivity index (χ0) is 20.4. The van der Waals surface area contributed by atoms with Gasteiger partial charge in [-0.15, -0.1) is 0 Å². The lowest BCUT2D eigenvalue weighted by molar-refractivity contribution is -0.117. The molecule has 8 heteroatoms. The number of carbonyl (C=O) groups excluding carboxylic acids is 1. The molecule has 8 nitrogen and oxygen atoms in total. The third kappa shape index (κ3) is 3.61. The molecule has 0 radical (unpaired) electrons. The Kier molecular flexibility index (Phi) is 5.07. The van der Waals surface area contributed by atoms with E-state index < -0.39 is 0 Å². The van der Waals surface area contributed by atoms with E-state index in [-0.39, 0.29) is 11.8 Å². The van der Waals surface area contributed by atoms with Crippen molar-refractivity contribution in [2.45, 2.75) is 12.3 Å². The molecule has 4 rings (SSSR count). The maximum absolute atomic E-state index is 12.7. The molecule has 1 fully saturated rings. The molecule has 1 amide bonds. The average Bonchev–Trinajstić information content (AvgIpc) is 3.40. The Morgan fingerprint density at radius 3 is 2.41 bits per heavy atom. The summed E-state index contributed by atoms with van der Waals surface area (Å²) in [5, 5.41) is 4.10. The maximum Gasteiger partial charge on any atom is 0.257 e. The van der Waals surface area contributed by atoms with Gasteiger partial charge >= 0.3 is 0 Å². The van der Waals surface area contributed by atoms with E-state index in [1.54, 1.807) is 38.4 Å². The molecule has 1 unspecified atom stereocenters. The molecule has 1 aliphatic heterocycles. The van der Waals surface area contributed by atoms with Crippen LogP contribution in [0.5, 0.6) is 17.2 Å². The molecule has 0 N–H and O–H groups in total. The van der Waals surface area contributed by atoms with Crippen molar-refractivity contribution in [3.63, 3.8) is 0 Å². The van der Waals surface area contributed by atoms with Gasteiger partial charge in [0.2, 0.25) is 5.91 Å². The van der Waals surface area contributed by atoms with Crippen LogP contribution in [0.4, 0.5) is 5.69 Å². The number of rotatable bonds is 6. The predicted molar refractivity (Wildman–Crippen MR) is 106 cm³/mol. The van der Waals surface area contributed by atoms with Crippen LogP contribution in [-0.2, 0) is 4.79 Å². The zero-order valence-electron chi connectivity index (χ0n) is 16.4. The molecule has 0 bridgehead atoms. The van der Waals surface area contributed by atoms with Gasteiger partial charge in [0.1, 0.15) is 17.2 Å². The molecular formula is C21H21N3O5. The first kappa shape index (κ1) is 18.8. The summed E-state index contributed by atoms with van der Waals surface area (Å²) in [6.45, 7) is 0.448. The quantitative estimate of drug-likeness (QED) is 0.633. The monoisotopic (exact) mass is 395 g/mol. The minimum Gasteiger partial charge on any atom is -0.497 e. The van der Waals surface area contributed by atoms with Gasteiger partial charge in [0, 0.05) is 30.5 Å². The Morgan fingerprint density at radius 1 is 1.00 bits per heavy atom. The maximum atomic E-state index is 12.7. The van der Waals surface area contributed by atoms with E-state index in [1.807, 2.05) is 30.3 Å². The number of ether oxygens (including phenoxy) is 3. The third-order valence-electron chi connectivity index (χ3n) is 4.95. The number of amides is 1. The lowest BCUT2D eigenvalue weighted by atomic mass is 10.1. The smallest absolute Gasteiger partial charge is 0.257 e. The minimum atomic E-state index is -0.162. The van der Waals surface area contributed by atoms with Crippen LogP contribution in [0.2, 0.25) is 0 Å². The summed E-state index contributed by atoms with van der Waals surface area (Å²) in [4.78, 5) is 18.9. The van der Waals surface area contributed by atoms with Crippen molar-refractivity contribution in [3.8, 4) is 28.7 Å². The number of methoxy groups -OCH3 is 3. The van der Waals surface area contributed by atoms with Crippen LogP contribution in [-0.4, -0.2) is 43.9 Å². The minimum absolute atomic E-state index is 0.0192. The predicted octanol–water partition coefficient (Wildman–Crippen LogP) is 3.28. The Labute approximate surface area is 168 Å². The van der Waals surface area contributed by atoms with Gasteiger partial charge in [-0.25, -0.2) is 0 Å². The Balaban J connectivity index is 1.55. The highest BCUT2D eigenvalue weighted by atomic mass is 16.5. The number of carbonyl (C=O) groups is 1. The van der Waals surface area contributed by atoms with Crippen LogP contribution in [0.15, 0.2) is 47.0 Å². The summed E-state index contributed by atoms with van der Waals surface area (Å²) in [6.07, 6.45) is 0.302. The summed E-state index contributed by atoms with van der Waals surface area (Å²) in [7, 11) is 4.76. The van der Waals surface area contributed by atoms with Crippen LogP contribution in [0.1, 0.15) is 18.2 Å². The molecular weight excluding hydrogens is 374 g/mol. The highest BCUT2D eigenvalue weighted by molar-refractivity contribution is 5.97. The zero-order valence-corrected chi connectivity index (χ0v) is 16.4. The van der Waals surface area contributed by atoms with Crippen molar-refractivity contribution in [1.29, 1.82) is 0 Å². The molecule has 1 saturated heterocycles. The molecule has 1 aliphatic rings. The Hall–Kier alpha value is -3.55. The van der Waals surface area contributed by atoms with E-state index in [0.717, 1.165) is 11.3 Å². The number of anilines is 1. The molecule has 150 valence electrons. The largest absolute Gasteiger partial charge is 0.497 e. The first-order chi connectivity index (χ1) is 14.1. The van der Waals surface area contributed by atoms with Crippen LogP contribution < -0.4 is 19.1 Å². The fourth-order valence-electron chi connectivity index (χ4n) is 3.37. The second kappa shape index (κ2) is 7.83. The summed E-state index contributed by atoms with van der Waals surface area (Å²) >= 11 is 0. The number of hydrogen-bond donors (Lipinski definition) is 0. The molecule has 1 atom stereocenters. The van der Waals surface area contributed by atoms with Gasteiger partial charge in [0.05, 0.1) is 27.0 Å². The molecule has 29 heavy (non-hydrogen) atoms. The molecule has 0 saturated carbocycles. The average molecular weight is 395 g/mol. The number of nitrogens with zero attached hydrogens (tertiary/aromatic N) is 3. The highest BCUT2D eigenvalue weighted by Gasteiger charge is 2.36. The van der Waals surface area contributed by atoms with E-state index in [1.165, 1.54) is 0 Å². The topological polar surface area (TPSA) is 86.9 Å². The SMILES string of the molecule is COc1ccc(-c2nc(C3CC(=O)N(c4ccc(OC)cc4OC)C3)no2)cc1. The lowest BCUT2D eigenvalue weighted by Gasteiger charge is -2.19. The van der Waals surface area contributed by atoms with E-state index in [4.69, 9.17) is 18.7 Å². The molecule has 0 spiro atoms. The van der Waals surface area contributed by atoms with E-state index >= 15 is 0 Å². The lowest BCUT2D eigenvalue weighted by Crippen LogP contribution is -2.24. The highest BCUT2D eigenvalue weighted by Crippen LogP contribution is 2.38. The number of aromatic nitrogens is 2. The van der Waals surface area contributed by atoms with Crippen molar-refractivity contribution >= 4 is 11.6 Å². The second-order valence-electron chi connectivity index (χ2n) is 6.63. The van der Waals surface area contributed by atoms with Crippen molar-refractivity contribution in [2.75, 3.05) is 32.8 Å². The molecule has 1 aromatic heterocycles. The number of hydrogen-bond acceptors (Lipinski definition) is 7. The van der Waals surface area contributed by atoms with Crippen molar-refractivity contribution in [1.82, 2.24) is 10.1 Å². The van der Waals surface area contributed by atoms with E-state index in [0.29, 0.717) is 41.9 Å². The van der Waals surface area contributed by atoms with Gasteiger partial charge in [0.15, 0.2) is 5.82 Å². The molecule has 2 aromatic carbocycles. The summed E-state index contributed by atoms with van der Waals surface area (Å²) in [5.74, 6) is 2.73. The van der Waals surface area contributed by atoms with Crippen molar-refractivity contribution < 1.29 is 23.5 Å².